The second-order valence-corrected chi connectivity index (χ2v) is 5.35. The number of rotatable bonds is 5. The molecule has 1 N–H and O–H groups in total. The van der Waals surface area contributed by atoms with Crippen molar-refractivity contribution in [2.45, 2.75) is 51.0 Å². The molecule has 0 heterocycles. The molecule has 1 aliphatic carbocycles. The second-order valence-electron chi connectivity index (χ2n) is 5.35. The average molecular weight is 262 g/mol. The van der Waals surface area contributed by atoms with Gasteiger partial charge in [0.25, 0.3) is 0 Å². The molecule has 1 aromatic rings. The van der Waals surface area contributed by atoms with Crippen molar-refractivity contribution >= 4 is 5.78 Å². The SMILES string of the molecule is CCC(=O)c1ccccc1OCC1(O)CCCCC1. The van der Waals surface area contributed by atoms with Crippen LogP contribution in [0.2, 0.25) is 0 Å². The van der Waals surface area contributed by atoms with Crippen molar-refractivity contribution in [2.24, 2.45) is 0 Å². The molecule has 0 radical (unpaired) electrons. The predicted molar refractivity (Wildman–Crippen MR) is 74.6 cm³/mol. The molecule has 19 heavy (non-hydrogen) atoms. The lowest BCUT2D eigenvalue weighted by Gasteiger charge is -2.31. The Morgan fingerprint density at radius 3 is 2.63 bits per heavy atom. The van der Waals surface area contributed by atoms with Gasteiger partial charge >= 0.3 is 0 Å². The van der Waals surface area contributed by atoms with E-state index in [2.05, 4.69) is 0 Å². The van der Waals surface area contributed by atoms with E-state index in [1.807, 2.05) is 19.1 Å². The van der Waals surface area contributed by atoms with Crippen LogP contribution < -0.4 is 4.74 Å². The fraction of sp³-hybridized carbons (Fsp3) is 0.562. The summed E-state index contributed by atoms with van der Waals surface area (Å²) in [6.45, 7) is 2.12. The predicted octanol–water partition coefficient (Wildman–Crippen LogP) is 3.35. The molecule has 0 spiro atoms. The Morgan fingerprint density at radius 2 is 1.95 bits per heavy atom. The minimum atomic E-state index is -0.722. The Kier molecular flexibility index (Phi) is 4.59. The molecule has 1 fully saturated rings. The van der Waals surface area contributed by atoms with Crippen molar-refractivity contribution in [1.82, 2.24) is 0 Å². The summed E-state index contributed by atoms with van der Waals surface area (Å²) in [7, 11) is 0. The summed E-state index contributed by atoms with van der Waals surface area (Å²) in [6.07, 6.45) is 5.33. The van der Waals surface area contributed by atoms with Crippen molar-refractivity contribution < 1.29 is 14.6 Å². The van der Waals surface area contributed by atoms with E-state index in [1.54, 1.807) is 12.1 Å². The summed E-state index contributed by atoms with van der Waals surface area (Å²) in [5.74, 6) is 0.666. The largest absolute Gasteiger partial charge is 0.490 e. The van der Waals surface area contributed by atoms with Crippen LogP contribution in [0.1, 0.15) is 55.8 Å². The van der Waals surface area contributed by atoms with Gasteiger partial charge in [-0.3, -0.25) is 4.79 Å². The lowest BCUT2D eigenvalue weighted by molar-refractivity contribution is -0.0340. The molecule has 2 rings (SSSR count). The molecule has 1 saturated carbocycles. The number of hydrogen-bond donors (Lipinski definition) is 1. The van der Waals surface area contributed by atoms with Crippen LogP contribution in [0.15, 0.2) is 24.3 Å². The highest BCUT2D eigenvalue weighted by atomic mass is 16.5. The first-order chi connectivity index (χ1) is 9.14. The van der Waals surface area contributed by atoms with Crippen LogP contribution in [-0.2, 0) is 0 Å². The normalized spacial score (nSPS) is 18.0. The molecule has 0 amide bonds. The third kappa shape index (κ3) is 3.57. The quantitative estimate of drug-likeness (QED) is 0.828. The van der Waals surface area contributed by atoms with E-state index in [9.17, 15) is 9.90 Å². The molecule has 0 aromatic heterocycles. The van der Waals surface area contributed by atoms with Gasteiger partial charge in [-0.25, -0.2) is 0 Å². The first-order valence-electron chi connectivity index (χ1n) is 7.12. The van der Waals surface area contributed by atoms with Gasteiger partial charge in [-0.05, 0) is 25.0 Å². The minimum absolute atomic E-state index is 0.0752. The highest BCUT2D eigenvalue weighted by Gasteiger charge is 2.30. The standard InChI is InChI=1S/C16H22O3/c1-2-14(17)13-8-4-5-9-15(13)19-12-16(18)10-6-3-7-11-16/h4-5,8-9,18H,2-3,6-7,10-12H2,1H3. The van der Waals surface area contributed by atoms with E-state index < -0.39 is 5.60 Å². The highest BCUT2D eigenvalue weighted by molar-refractivity contribution is 5.98. The Balaban J connectivity index is 2.04. The van der Waals surface area contributed by atoms with Crippen LogP contribution >= 0.6 is 0 Å². The van der Waals surface area contributed by atoms with E-state index in [-0.39, 0.29) is 12.4 Å². The number of Topliss-reactive ketones (excluding diaryl/α,β-unsaturated/α-hetero) is 1. The van der Waals surface area contributed by atoms with Crippen LogP contribution in [0.25, 0.3) is 0 Å². The number of aliphatic hydroxyl groups is 1. The van der Waals surface area contributed by atoms with Gasteiger partial charge in [-0.15, -0.1) is 0 Å². The Labute approximate surface area is 114 Å². The van der Waals surface area contributed by atoms with Gasteiger partial charge in [0.05, 0.1) is 11.2 Å². The topological polar surface area (TPSA) is 46.5 Å². The number of carbonyl (C=O) groups excluding carboxylic acids is 1. The second kappa shape index (κ2) is 6.20. The highest BCUT2D eigenvalue weighted by Crippen LogP contribution is 2.29. The first kappa shape index (κ1) is 14.1. The molecule has 0 saturated heterocycles. The van der Waals surface area contributed by atoms with E-state index in [0.717, 1.165) is 25.7 Å². The summed E-state index contributed by atoms with van der Waals surface area (Å²) in [6, 6.07) is 7.28. The Morgan fingerprint density at radius 1 is 1.26 bits per heavy atom. The smallest absolute Gasteiger partial charge is 0.166 e. The van der Waals surface area contributed by atoms with Crippen molar-refractivity contribution in [1.29, 1.82) is 0 Å². The molecule has 1 aromatic carbocycles. The van der Waals surface area contributed by atoms with Crippen LogP contribution in [-0.4, -0.2) is 23.1 Å². The number of benzene rings is 1. The summed E-state index contributed by atoms with van der Waals surface area (Å²) in [5.41, 5.74) is -0.106. The van der Waals surface area contributed by atoms with Crippen molar-refractivity contribution in [3.8, 4) is 5.75 Å². The average Bonchev–Trinajstić information content (AvgIpc) is 2.45. The molecular formula is C16H22O3. The van der Waals surface area contributed by atoms with Gasteiger partial charge in [-0.1, -0.05) is 38.3 Å². The van der Waals surface area contributed by atoms with E-state index in [0.29, 0.717) is 17.7 Å². The summed E-state index contributed by atoms with van der Waals surface area (Å²) < 4.78 is 5.73. The van der Waals surface area contributed by atoms with E-state index in [1.165, 1.54) is 6.42 Å². The monoisotopic (exact) mass is 262 g/mol. The van der Waals surface area contributed by atoms with E-state index >= 15 is 0 Å². The van der Waals surface area contributed by atoms with Gasteiger partial charge < -0.3 is 9.84 Å². The zero-order valence-corrected chi connectivity index (χ0v) is 11.5. The maximum Gasteiger partial charge on any atom is 0.166 e. The summed E-state index contributed by atoms with van der Waals surface area (Å²) in [4.78, 5) is 11.8. The van der Waals surface area contributed by atoms with Gasteiger partial charge in [0.15, 0.2) is 5.78 Å². The van der Waals surface area contributed by atoms with Crippen molar-refractivity contribution in [3.63, 3.8) is 0 Å². The minimum Gasteiger partial charge on any atom is -0.490 e. The molecule has 3 nitrogen and oxygen atoms in total. The van der Waals surface area contributed by atoms with Crippen molar-refractivity contribution in [2.75, 3.05) is 6.61 Å². The Hall–Kier alpha value is -1.35. The van der Waals surface area contributed by atoms with Gasteiger partial charge in [0, 0.05) is 6.42 Å². The first-order valence-corrected chi connectivity index (χ1v) is 7.12. The molecular weight excluding hydrogens is 240 g/mol. The number of carbonyl (C=O) groups is 1. The fourth-order valence-electron chi connectivity index (χ4n) is 2.58. The van der Waals surface area contributed by atoms with Crippen LogP contribution in [0.4, 0.5) is 0 Å². The zero-order valence-electron chi connectivity index (χ0n) is 11.5. The molecule has 3 heteroatoms. The molecule has 0 bridgehead atoms. The third-order valence-electron chi connectivity index (χ3n) is 3.79. The molecule has 0 atom stereocenters. The lowest BCUT2D eigenvalue weighted by atomic mass is 9.85. The summed E-state index contributed by atoms with van der Waals surface area (Å²) >= 11 is 0. The van der Waals surface area contributed by atoms with Gasteiger partial charge in [0.2, 0.25) is 0 Å². The molecule has 0 unspecified atom stereocenters. The van der Waals surface area contributed by atoms with Crippen molar-refractivity contribution in [3.05, 3.63) is 29.8 Å². The van der Waals surface area contributed by atoms with Crippen LogP contribution in [0.3, 0.4) is 0 Å². The number of ketones is 1. The number of hydrogen-bond acceptors (Lipinski definition) is 3. The maximum absolute atomic E-state index is 11.8. The van der Waals surface area contributed by atoms with Crippen LogP contribution in [0, 0.1) is 0 Å². The third-order valence-corrected chi connectivity index (χ3v) is 3.79. The zero-order chi connectivity index (χ0) is 13.7. The summed E-state index contributed by atoms with van der Waals surface area (Å²) in [5, 5.41) is 10.4. The number of ether oxygens (including phenoxy) is 1. The molecule has 104 valence electrons. The molecule has 1 aliphatic rings. The fourth-order valence-corrected chi connectivity index (χ4v) is 2.58. The van der Waals surface area contributed by atoms with Gasteiger partial charge in [0.1, 0.15) is 12.4 Å². The van der Waals surface area contributed by atoms with E-state index in [4.69, 9.17) is 4.74 Å². The Bertz CT molecular complexity index is 433. The maximum atomic E-state index is 11.8. The van der Waals surface area contributed by atoms with Crippen LogP contribution in [0.5, 0.6) is 5.75 Å². The number of para-hydroxylation sites is 1. The lowest BCUT2D eigenvalue weighted by Crippen LogP contribution is -2.38. The molecule has 0 aliphatic heterocycles. The van der Waals surface area contributed by atoms with Gasteiger partial charge in [-0.2, -0.15) is 0 Å².